The van der Waals surface area contributed by atoms with Crippen molar-refractivity contribution in [1.29, 1.82) is 0 Å². The minimum Gasteiger partial charge on any atom is -0.490 e. The number of allylic oxidation sites excluding steroid dienone is 1. The van der Waals surface area contributed by atoms with Crippen molar-refractivity contribution in [2.45, 2.75) is 0 Å². The first-order valence-electron chi connectivity index (χ1n) is 8.96. The molecule has 0 atom stereocenters. The fourth-order valence-electron chi connectivity index (χ4n) is 2.35. The first-order chi connectivity index (χ1) is 14.1. The predicted molar refractivity (Wildman–Crippen MR) is 118 cm³/mol. The fourth-order valence-corrected chi connectivity index (χ4v) is 2.56. The summed E-state index contributed by atoms with van der Waals surface area (Å²) in [7, 11) is 0. The Bertz CT molecular complexity index is 898. The highest BCUT2D eigenvalue weighted by molar-refractivity contribution is 6.32. The van der Waals surface area contributed by atoms with Gasteiger partial charge in [-0.2, -0.15) is 0 Å². The molecule has 2 rings (SSSR count). The molecule has 0 unspecified atom stereocenters. The van der Waals surface area contributed by atoms with Gasteiger partial charge in [-0.25, -0.2) is 0 Å². The van der Waals surface area contributed by atoms with Gasteiger partial charge in [-0.3, -0.25) is 4.79 Å². The van der Waals surface area contributed by atoms with Gasteiger partial charge < -0.3 is 14.2 Å². The Hall–Kier alpha value is -3.24. The number of rotatable bonds is 12. The molecule has 0 heterocycles. The van der Waals surface area contributed by atoms with Gasteiger partial charge >= 0.3 is 0 Å². The lowest BCUT2D eigenvalue weighted by Gasteiger charge is -2.13. The van der Waals surface area contributed by atoms with Crippen LogP contribution >= 0.6 is 11.6 Å². The molecule has 0 radical (unpaired) electrons. The molecule has 0 N–H and O–H groups in total. The average Bonchev–Trinajstić information content (AvgIpc) is 2.74. The van der Waals surface area contributed by atoms with Gasteiger partial charge in [-0.1, -0.05) is 67.8 Å². The van der Waals surface area contributed by atoms with E-state index < -0.39 is 0 Å². The molecule has 0 spiro atoms. The Labute approximate surface area is 176 Å². The van der Waals surface area contributed by atoms with E-state index in [-0.39, 0.29) is 12.4 Å². The van der Waals surface area contributed by atoms with Gasteiger partial charge in [0, 0.05) is 6.07 Å². The van der Waals surface area contributed by atoms with Crippen LogP contribution < -0.4 is 14.2 Å². The number of hydrogen-bond acceptors (Lipinski definition) is 4. The zero-order valence-electron chi connectivity index (χ0n) is 16.1. The van der Waals surface area contributed by atoms with E-state index in [1.54, 1.807) is 30.4 Å². The van der Waals surface area contributed by atoms with Crippen LogP contribution in [-0.2, 0) is 0 Å². The summed E-state index contributed by atoms with van der Waals surface area (Å²) in [5.41, 5.74) is 1.19. The highest BCUT2D eigenvalue weighted by Crippen LogP contribution is 2.33. The monoisotopic (exact) mass is 410 g/mol. The molecule has 0 saturated heterocycles. The molecule has 4 nitrogen and oxygen atoms in total. The Morgan fingerprint density at radius 2 is 1.45 bits per heavy atom. The molecule has 0 aromatic heterocycles. The van der Waals surface area contributed by atoms with Gasteiger partial charge in [0.15, 0.2) is 5.78 Å². The minimum absolute atomic E-state index is 0.242. The Kier molecular flexibility index (Phi) is 8.80. The van der Waals surface area contributed by atoms with E-state index in [2.05, 4.69) is 19.7 Å². The summed E-state index contributed by atoms with van der Waals surface area (Å²) >= 11 is 6.26. The molecule has 29 heavy (non-hydrogen) atoms. The van der Waals surface area contributed by atoms with E-state index in [1.165, 1.54) is 12.1 Å². The smallest absolute Gasteiger partial charge is 0.189 e. The summed E-state index contributed by atoms with van der Waals surface area (Å²) < 4.78 is 16.6. The molecule has 0 aliphatic carbocycles. The van der Waals surface area contributed by atoms with Crippen LogP contribution in [0.4, 0.5) is 0 Å². The maximum absolute atomic E-state index is 12.7. The van der Waals surface area contributed by atoms with Crippen molar-refractivity contribution < 1.29 is 19.0 Å². The zero-order valence-corrected chi connectivity index (χ0v) is 16.9. The quantitative estimate of drug-likeness (QED) is 0.247. The van der Waals surface area contributed by atoms with E-state index in [0.717, 1.165) is 11.3 Å². The second-order valence-corrected chi connectivity index (χ2v) is 6.25. The summed E-state index contributed by atoms with van der Waals surface area (Å²) in [6.07, 6.45) is 8.07. The van der Waals surface area contributed by atoms with Gasteiger partial charge in [0.25, 0.3) is 0 Å². The lowest BCUT2D eigenvalue weighted by atomic mass is 10.1. The third-order valence-electron chi connectivity index (χ3n) is 3.69. The van der Waals surface area contributed by atoms with Crippen LogP contribution in [0.5, 0.6) is 17.2 Å². The third-order valence-corrected chi connectivity index (χ3v) is 3.98. The first kappa shape index (κ1) is 22.1. The highest BCUT2D eigenvalue weighted by Gasteiger charge is 2.15. The van der Waals surface area contributed by atoms with E-state index in [1.807, 2.05) is 24.3 Å². The van der Waals surface area contributed by atoms with E-state index in [4.69, 9.17) is 25.8 Å². The van der Waals surface area contributed by atoms with Crippen molar-refractivity contribution in [3.8, 4) is 17.2 Å². The van der Waals surface area contributed by atoms with Crippen molar-refractivity contribution in [3.63, 3.8) is 0 Å². The van der Waals surface area contributed by atoms with Crippen LogP contribution in [0.3, 0.4) is 0 Å². The van der Waals surface area contributed by atoms with Gasteiger partial charge in [0.05, 0.1) is 10.6 Å². The number of hydrogen-bond donors (Lipinski definition) is 0. The van der Waals surface area contributed by atoms with Gasteiger partial charge in [-0.05, 0) is 29.8 Å². The molecule has 0 amide bonds. The number of ether oxygens (including phenoxy) is 3. The van der Waals surface area contributed by atoms with E-state index >= 15 is 0 Å². The maximum Gasteiger partial charge on any atom is 0.189 e. The average molecular weight is 411 g/mol. The van der Waals surface area contributed by atoms with Crippen LogP contribution in [0.2, 0.25) is 5.02 Å². The molecule has 0 saturated carbocycles. The van der Waals surface area contributed by atoms with E-state index in [9.17, 15) is 4.79 Å². The normalized spacial score (nSPS) is 10.4. The summed E-state index contributed by atoms with van der Waals surface area (Å²) in [5, 5.41) is 0.318. The number of halogens is 1. The number of carbonyl (C=O) groups excluding carboxylic acids is 1. The van der Waals surface area contributed by atoms with Crippen molar-refractivity contribution in [2.75, 3.05) is 19.8 Å². The van der Waals surface area contributed by atoms with Crippen molar-refractivity contribution >= 4 is 23.5 Å². The second kappa shape index (κ2) is 11.6. The third kappa shape index (κ3) is 6.70. The lowest BCUT2D eigenvalue weighted by molar-refractivity contribution is 0.104. The molecular weight excluding hydrogens is 388 g/mol. The molecule has 150 valence electrons. The zero-order chi connectivity index (χ0) is 21.1. The molecule has 2 aromatic carbocycles. The van der Waals surface area contributed by atoms with Crippen LogP contribution in [0.25, 0.3) is 6.08 Å². The lowest BCUT2D eigenvalue weighted by Crippen LogP contribution is -2.04. The molecule has 0 aliphatic heterocycles. The maximum atomic E-state index is 12.7. The Morgan fingerprint density at radius 1 is 0.862 bits per heavy atom. The highest BCUT2D eigenvalue weighted by atomic mass is 35.5. The SMILES string of the molecule is C=CCOc1ccc(/C=C/C(=O)c2cc(Cl)c(OCC=C)cc2OCC=C)cc1. The number of ketones is 1. The molecule has 5 heteroatoms. The number of carbonyl (C=O) groups is 1. The van der Waals surface area contributed by atoms with Crippen LogP contribution in [0.1, 0.15) is 15.9 Å². The Morgan fingerprint density at radius 3 is 2.07 bits per heavy atom. The second-order valence-electron chi connectivity index (χ2n) is 5.84. The van der Waals surface area contributed by atoms with Crippen molar-refractivity contribution in [3.05, 3.63) is 96.6 Å². The molecule has 2 aromatic rings. The van der Waals surface area contributed by atoms with Crippen molar-refractivity contribution in [1.82, 2.24) is 0 Å². The number of benzene rings is 2. The summed E-state index contributed by atoms with van der Waals surface area (Å²) in [6.45, 7) is 11.8. The first-order valence-corrected chi connectivity index (χ1v) is 9.34. The van der Waals surface area contributed by atoms with Crippen LogP contribution in [0.15, 0.2) is 80.4 Å². The van der Waals surface area contributed by atoms with E-state index in [0.29, 0.717) is 35.3 Å². The Balaban J connectivity index is 2.22. The predicted octanol–water partition coefficient (Wildman–Crippen LogP) is 5.93. The molecule has 0 bridgehead atoms. The largest absolute Gasteiger partial charge is 0.490 e. The van der Waals surface area contributed by atoms with Gasteiger partial charge in [-0.15, -0.1) is 0 Å². The molecule has 0 aliphatic rings. The van der Waals surface area contributed by atoms with Crippen LogP contribution in [-0.4, -0.2) is 25.6 Å². The summed E-state index contributed by atoms with van der Waals surface area (Å²) in [4.78, 5) is 12.7. The minimum atomic E-state index is -0.242. The summed E-state index contributed by atoms with van der Waals surface area (Å²) in [6, 6.07) is 10.5. The standard InChI is InChI=1S/C24H23ClO4/c1-4-13-27-19-10-7-18(8-11-19)9-12-22(26)20-16-21(25)24(29-15-6-3)17-23(20)28-14-5-2/h4-12,16-17H,1-3,13-15H2/b12-9+. The molecular formula is C24H23ClO4. The van der Waals surface area contributed by atoms with Gasteiger partial charge in [0.2, 0.25) is 0 Å². The fraction of sp³-hybridized carbons (Fsp3) is 0.125. The van der Waals surface area contributed by atoms with Crippen LogP contribution in [0, 0.1) is 0 Å². The van der Waals surface area contributed by atoms with Crippen molar-refractivity contribution in [2.24, 2.45) is 0 Å². The summed E-state index contributed by atoms with van der Waals surface area (Å²) in [5.74, 6) is 1.28. The van der Waals surface area contributed by atoms with Gasteiger partial charge in [0.1, 0.15) is 37.1 Å². The molecule has 0 fully saturated rings. The topological polar surface area (TPSA) is 44.8 Å².